The second-order valence-corrected chi connectivity index (χ2v) is 8.74. The average molecular weight is 308 g/mol. The van der Waals surface area contributed by atoms with Crippen molar-refractivity contribution in [3.63, 3.8) is 0 Å². The highest BCUT2D eigenvalue weighted by atomic mass is 16.5. The first kappa shape index (κ1) is 15.1. The van der Waals surface area contributed by atoms with Gasteiger partial charge in [0.15, 0.2) is 5.78 Å². The van der Waals surface area contributed by atoms with E-state index >= 15 is 0 Å². The van der Waals surface area contributed by atoms with Gasteiger partial charge in [-0.05, 0) is 61.7 Å². The molecule has 0 aromatic carbocycles. The summed E-state index contributed by atoms with van der Waals surface area (Å²) in [7, 11) is 0. The standard InChI is InChI=1S/C18H28O4/c1-17-6-5-11(19)7-10(17)3-4-12-13-8-14(20)15(21)18(13,2)9-22-16(12)17/h10-14,16,19-20H,3-9H2,1-2H3/t10-,11+,12-,13-,14+,16-,17-,18-/m0/s1. The van der Waals surface area contributed by atoms with Crippen molar-refractivity contribution in [3.8, 4) is 0 Å². The normalized spacial score (nSPS) is 57.9. The van der Waals surface area contributed by atoms with Gasteiger partial charge in [0.2, 0.25) is 0 Å². The van der Waals surface area contributed by atoms with Crippen LogP contribution in [0.2, 0.25) is 0 Å². The zero-order chi connectivity index (χ0) is 15.7. The Hall–Kier alpha value is -0.450. The van der Waals surface area contributed by atoms with E-state index in [0.717, 1.165) is 32.1 Å². The maximum Gasteiger partial charge on any atom is 0.169 e. The van der Waals surface area contributed by atoms with Crippen LogP contribution in [0.1, 0.15) is 52.4 Å². The summed E-state index contributed by atoms with van der Waals surface area (Å²) in [5.41, 5.74) is -0.363. The van der Waals surface area contributed by atoms with Crippen molar-refractivity contribution < 1.29 is 19.7 Å². The molecular weight excluding hydrogens is 280 g/mol. The average Bonchev–Trinajstić information content (AvgIpc) is 2.72. The SMILES string of the molecule is C[C@]12CC[C@@H](O)C[C@@H]1CC[C@@H]1[C@@H]2OC[C@]2(C)C(=O)[C@H](O)C[C@@H]12. The molecule has 0 radical (unpaired) electrons. The molecule has 0 unspecified atom stereocenters. The van der Waals surface area contributed by atoms with Crippen molar-refractivity contribution in [2.75, 3.05) is 6.61 Å². The Bertz CT molecular complexity index is 491. The maximum atomic E-state index is 12.4. The van der Waals surface area contributed by atoms with Gasteiger partial charge in [0.05, 0.1) is 24.2 Å². The number of Topliss-reactive ketones (excluding diaryl/α,β-unsaturated/α-hetero) is 1. The van der Waals surface area contributed by atoms with Crippen molar-refractivity contribution in [2.24, 2.45) is 28.6 Å². The molecule has 0 spiro atoms. The number of hydrogen-bond acceptors (Lipinski definition) is 4. The minimum Gasteiger partial charge on any atom is -0.393 e. The number of ether oxygens (including phenoxy) is 1. The van der Waals surface area contributed by atoms with E-state index in [0.29, 0.717) is 24.9 Å². The summed E-state index contributed by atoms with van der Waals surface area (Å²) in [6.45, 7) is 4.78. The van der Waals surface area contributed by atoms with Crippen LogP contribution in [-0.2, 0) is 9.53 Å². The zero-order valence-electron chi connectivity index (χ0n) is 13.6. The van der Waals surface area contributed by atoms with Crippen molar-refractivity contribution in [1.82, 2.24) is 0 Å². The quantitative estimate of drug-likeness (QED) is 0.717. The Balaban J connectivity index is 1.64. The molecule has 124 valence electrons. The summed E-state index contributed by atoms with van der Waals surface area (Å²) in [6, 6.07) is 0. The van der Waals surface area contributed by atoms with Gasteiger partial charge in [-0.15, -0.1) is 0 Å². The zero-order valence-corrected chi connectivity index (χ0v) is 13.6. The van der Waals surface area contributed by atoms with Gasteiger partial charge in [-0.25, -0.2) is 0 Å². The molecule has 0 bridgehead atoms. The Morgan fingerprint density at radius 3 is 2.68 bits per heavy atom. The molecule has 3 saturated carbocycles. The summed E-state index contributed by atoms with van der Waals surface area (Å²) < 4.78 is 6.31. The minimum absolute atomic E-state index is 0.0118. The lowest BCUT2D eigenvalue weighted by atomic mass is 9.51. The summed E-state index contributed by atoms with van der Waals surface area (Å²) in [4.78, 5) is 12.4. The van der Waals surface area contributed by atoms with Crippen molar-refractivity contribution in [1.29, 1.82) is 0 Å². The highest BCUT2D eigenvalue weighted by Crippen LogP contribution is 2.61. The van der Waals surface area contributed by atoms with Crippen LogP contribution < -0.4 is 0 Å². The number of aliphatic hydroxyl groups excluding tert-OH is 2. The molecule has 4 nitrogen and oxygen atoms in total. The van der Waals surface area contributed by atoms with E-state index < -0.39 is 11.5 Å². The number of fused-ring (bicyclic) bond motifs is 5. The van der Waals surface area contributed by atoms with Gasteiger partial charge in [-0.1, -0.05) is 13.8 Å². The first-order chi connectivity index (χ1) is 10.4. The number of hydrogen-bond donors (Lipinski definition) is 2. The van der Waals surface area contributed by atoms with Gasteiger partial charge >= 0.3 is 0 Å². The number of ketones is 1. The lowest BCUT2D eigenvalue weighted by Crippen LogP contribution is -2.59. The molecule has 8 atom stereocenters. The third-order valence-electron chi connectivity index (χ3n) is 7.63. The first-order valence-corrected chi connectivity index (χ1v) is 8.88. The highest BCUT2D eigenvalue weighted by Gasteiger charge is 2.63. The summed E-state index contributed by atoms with van der Waals surface area (Å²) in [6.07, 6.45) is 4.82. The van der Waals surface area contributed by atoms with Crippen LogP contribution in [0.3, 0.4) is 0 Å². The Morgan fingerprint density at radius 1 is 1.14 bits per heavy atom. The molecule has 1 heterocycles. The maximum absolute atomic E-state index is 12.4. The fourth-order valence-electron chi connectivity index (χ4n) is 6.24. The van der Waals surface area contributed by atoms with E-state index in [1.54, 1.807) is 0 Å². The summed E-state index contributed by atoms with van der Waals surface area (Å²) in [5, 5.41) is 20.1. The molecule has 4 heteroatoms. The Labute approximate surface area is 132 Å². The third-order valence-corrected chi connectivity index (χ3v) is 7.63. The fraction of sp³-hybridized carbons (Fsp3) is 0.944. The Kier molecular flexibility index (Phi) is 3.28. The molecule has 1 aliphatic heterocycles. The van der Waals surface area contributed by atoms with E-state index in [4.69, 9.17) is 4.74 Å². The van der Waals surface area contributed by atoms with Crippen LogP contribution in [0, 0.1) is 28.6 Å². The number of aliphatic hydroxyl groups is 2. The van der Waals surface area contributed by atoms with Crippen LogP contribution in [-0.4, -0.2) is 40.9 Å². The number of rotatable bonds is 0. The minimum atomic E-state index is -0.795. The summed E-state index contributed by atoms with van der Waals surface area (Å²) >= 11 is 0. The lowest BCUT2D eigenvalue weighted by molar-refractivity contribution is -0.213. The first-order valence-electron chi connectivity index (χ1n) is 8.88. The van der Waals surface area contributed by atoms with E-state index in [2.05, 4.69) is 6.92 Å². The lowest BCUT2D eigenvalue weighted by Gasteiger charge is -2.59. The summed E-state index contributed by atoms with van der Waals surface area (Å²) in [5.74, 6) is 1.17. The van der Waals surface area contributed by atoms with Gasteiger partial charge in [-0.3, -0.25) is 4.79 Å². The van der Waals surface area contributed by atoms with Gasteiger partial charge in [0, 0.05) is 0 Å². The van der Waals surface area contributed by atoms with E-state index in [1.807, 2.05) is 6.92 Å². The van der Waals surface area contributed by atoms with Crippen LogP contribution in [0.25, 0.3) is 0 Å². The number of carbonyl (C=O) groups is 1. The molecule has 2 N–H and O–H groups in total. The van der Waals surface area contributed by atoms with Crippen LogP contribution in [0.4, 0.5) is 0 Å². The van der Waals surface area contributed by atoms with Gasteiger partial charge < -0.3 is 14.9 Å². The predicted octanol–water partition coefficient (Wildman–Crippen LogP) is 1.92. The number of carbonyl (C=O) groups excluding carboxylic acids is 1. The van der Waals surface area contributed by atoms with E-state index in [1.165, 1.54) is 0 Å². The molecule has 0 aromatic heterocycles. The monoisotopic (exact) mass is 308 g/mol. The van der Waals surface area contributed by atoms with Crippen LogP contribution in [0.5, 0.6) is 0 Å². The topological polar surface area (TPSA) is 66.8 Å². The van der Waals surface area contributed by atoms with Crippen LogP contribution in [0.15, 0.2) is 0 Å². The molecule has 4 fully saturated rings. The van der Waals surface area contributed by atoms with Crippen molar-refractivity contribution in [3.05, 3.63) is 0 Å². The molecule has 0 amide bonds. The molecule has 3 aliphatic carbocycles. The predicted molar refractivity (Wildman–Crippen MR) is 81.1 cm³/mol. The van der Waals surface area contributed by atoms with Crippen molar-refractivity contribution in [2.45, 2.75) is 70.7 Å². The Morgan fingerprint density at radius 2 is 1.91 bits per heavy atom. The van der Waals surface area contributed by atoms with Crippen molar-refractivity contribution >= 4 is 5.78 Å². The highest BCUT2D eigenvalue weighted by molar-refractivity contribution is 5.91. The third kappa shape index (κ3) is 1.83. The molecule has 1 saturated heterocycles. The molecule has 22 heavy (non-hydrogen) atoms. The van der Waals surface area contributed by atoms with E-state index in [9.17, 15) is 15.0 Å². The smallest absolute Gasteiger partial charge is 0.169 e. The van der Waals surface area contributed by atoms with Gasteiger partial charge in [-0.2, -0.15) is 0 Å². The molecule has 0 aromatic rings. The molecular formula is C18H28O4. The van der Waals surface area contributed by atoms with Gasteiger partial charge in [0.25, 0.3) is 0 Å². The van der Waals surface area contributed by atoms with Crippen LogP contribution >= 0.6 is 0 Å². The van der Waals surface area contributed by atoms with E-state index in [-0.39, 0.29) is 29.3 Å². The second-order valence-electron chi connectivity index (χ2n) is 8.74. The molecule has 4 rings (SSSR count). The molecule has 4 aliphatic rings. The second kappa shape index (κ2) is 4.78. The fourth-order valence-corrected chi connectivity index (χ4v) is 6.24. The largest absolute Gasteiger partial charge is 0.393 e. The van der Waals surface area contributed by atoms with Gasteiger partial charge in [0.1, 0.15) is 6.10 Å².